The molecular weight excluding hydrogens is 1020 g/mol. The maximum absolute atomic E-state index is 14.9. The van der Waals surface area contributed by atoms with Gasteiger partial charge in [0.05, 0.1) is 29.8 Å². The van der Waals surface area contributed by atoms with E-state index in [1.807, 2.05) is 32.0 Å². The Morgan fingerprint density at radius 1 is 0.697 bits per heavy atom. The Balaban J connectivity index is 0.000000141. The number of hydrogen-bond acceptors (Lipinski definition) is 13. The third kappa shape index (κ3) is 11.3. The van der Waals surface area contributed by atoms with Gasteiger partial charge in [-0.15, -0.1) is 0 Å². The van der Waals surface area contributed by atoms with Gasteiger partial charge >= 0.3 is 0 Å². The van der Waals surface area contributed by atoms with Crippen LogP contribution in [0.25, 0.3) is 0 Å². The molecule has 0 radical (unpaired) electrons. The molecule has 422 valence electrons. The van der Waals surface area contributed by atoms with Crippen molar-refractivity contribution in [3.8, 4) is 17.2 Å². The van der Waals surface area contributed by atoms with Gasteiger partial charge in [0.1, 0.15) is 41.8 Å². The highest BCUT2D eigenvalue weighted by Crippen LogP contribution is 2.63. The van der Waals surface area contributed by atoms with Crippen LogP contribution in [0.2, 0.25) is 0 Å². The zero-order chi connectivity index (χ0) is 54.5. The molecule has 5 fully saturated rings. The quantitative estimate of drug-likeness (QED) is 0.0883. The summed E-state index contributed by atoms with van der Waals surface area (Å²) in [6.07, 6.45) is 8.40. The zero-order valence-corrected chi connectivity index (χ0v) is 46.9. The van der Waals surface area contributed by atoms with Gasteiger partial charge in [0.15, 0.2) is 13.6 Å². The van der Waals surface area contributed by atoms with E-state index < -0.39 is 63.7 Å². The minimum Gasteiger partial charge on any atom is -0.750 e. The number of aryl methyl sites for hydroxylation is 3. The van der Waals surface area contributed by atoms with Crippen molar-refractivity contribution >= 4 is 21.5 Å². The molecule has 0 heterocycles. The molecule has 3 aromatic rings. The molecule has 0 aliphatic heterocycles. The van der Waals surface area contributed by atoms with E-state index in [1.54, 1.807) is 20.3 Å². The van der Waals surface area contributed by atoms with E-state index in [0.29, 0.717) is 66.9 Å². The van der Waals surface area contributed by atoms with Crippen LogP contribution in [0.4, 0.5) is 8.78 Å². The molecule has 8 aliphatic carbocycles. The van der Waals surface area contributed by atoms with Gasteiger partial charge in [-0.05, 0) is 219 Å². The van der Waals surface area contributed by atoms with E-state index >= 15 is 0 Å². The lowest BCUT2D eigenvalue weighted by Gasteiger charge is -2.50. The zero-order valence-electron chi connectivity index (χ0n) is 45.3. The molecule has 3 aromatic carbocycles. The van der Waals surface area contributed by atoms with Gasteiger partial charge in [0.2, 0.25) is 0 Å². The Hall–Kier alpha value is -3.26. The number of aromatic hydroxyl groups is 1. The van der Waals surface area contributed by atoms with Gasteiger partial charge in [0, 0.05) is 25.0 Å². The van der Waals surface area contributed by atoms with Crippen LogP contribution in [0.3, 0.4) is 0 Å². The summed E-state index contributed by atoms with van der Waals surface area (Å²) in [5.74, 6) is 4.81. The summed E-state index contributed by atoms with van der Waals surface area (Å²) >= 11 is -2.60. The van der Waals surface area contributed by atoms with Gasteiger partial charge in [0.25, 0.3) is 10.1 Å². The van der Waals surface area contributed by atoms with Crippen LogP contribution in [0.15, 0.2) is 54.6 Å². The predicted octanol–water partition coefficient (Wildman–Crippen LogP) is 10.1. The normalized spacial score (nSPS) is 38.2. The minimum atomic E-state index is -3.70. The molecule has 0 spiro atoms. The monoisotopic (exact) mass is 1100 g/mol. The summed E-state index contributed by atoms with van der Waals surface area (Å²) in [7, 11) is -0.501. The Labute approximate surface area is 451 Å². The summed E-state index contributed by atoms with van der Waals surface area (Å²) in [4.78, 5) is 0. The van der Waals surface area contributed by atoms with Crippen molar-refractivity contribution in [3.63, 3.8) is 0 Å². The molecule has 8 aliphatic rings. The summed E-state index contributed by atoms with van der Waals surface area (Å²) in [6.45, 7) is 8.64. The van der Waals surface area contributed by atoms with E-state index in [4.69, 9.17) is 27.3 Å². The van der Waals surface area contributed by atoms with Crippen molar-refractivity contribution in [1.82, 2.24) is 0 Å². The first-order chi connectivity index (χ1) is 36.1. The summed E-state index contributed by atoms with van der Waals surface area (Å²) in [5.41, 5.74) is 6.83. The van der Waals surface area contributed by atoms with Gasteiger partial charge in [-0.2, -0.15) is 8.42 Å². The Kier molecular flexibility index (Phi) is 17.4. The van der Waals surface area contributed by atoms with Gasteiger partial charge in [-0.1, -0.05) is 45.9 Å². The van der Waals surface area contributed by atoms with Crippen LogP contribution >= 0.6 is 0 Å². The van der Waals surface area contributed by atoms with E-state index in [0.717, 1.165) is 88.4 Å². The molecule has 9 unspecified atom stereocenters. The number of aliphatic hydroxyl groups excluding tert-OH is 2. The van der Waals surface area contributed by atoms with E-state index in [9.17, 15) is 41.3 Å². The predicted molar refractivity (Wildman–Crippen MR) is 283 cm³/mol. The van der Waals surface area contributed by atoms with Gasteiger partial charge < -0.3 is 38.8 Å². The topological polar surface area (TPSA) is 190 Å². The molecule has 3 N–H and O–H groups in total. The molecule has 17 heteroatoms. The van der Waals surface area contributed by atoms with E-state index in [-0.39, 0.29) is 36.3 Å². The van der Waals surface area contributed by atoms with Crippen LogP contribution in [0, 0.1) is 51.8 Å². The van der Waals surface area contributed by atoms with Gasteiger partial charge in [-0.3, -0.25) is 8.37 Å². The van der Waals surface area contributed by atoms with Crippen molar-refractivity contribution in [2.24, 2.45) is 51.8 Å². The molecule has 5 saturated carbocycles. The lowest BCUT2D eigenvalue weighted by molar-refractivity contribution is -0.0365. The van der Waals surface area contributed by atoms with Crippen LogP contribution in [-0.2, 0) is 65.0 Å². The van der Waals surface area contributed by atoms with Crippen molar-refractivity contribution in [3.05, 3.63) is 88.0 Å². The van der Waals surface area contributed by atoms with Crippen LogP contribution in [0.5, 0.6) is 17.2 Å². The average molecular weight is 1100 g/mol. The first-order valence-electron chi connectivity index (χ1n) is 27.7. The van der Waals surface area contributed by atoms with Crippen LogP contribution < -0.4 is 9.47 Å². The van der Waals surface area contributed by atoms with E-state index in [1.165, 1.54) is 33.4 Å². The number of rotatable bonds is 12. The molecule has 0 amide bonds. The fourth-order valence-corrected chi connectivity index (χ4v) is 17.9. The Bertz CT molecular complexity index is 2660. The molecule has 13 nitrogen and oxygen atoms in total. The summed E-state index contributed by atoms with van der Waals surface area (Å²) in [5, 5.41) is 30.4. The fraction of sp³-hybridized carbons (Fsp3) is 0.695. The third-order valence-corrected chi connectivity index (χ3v) is 21.4. The molecule has 18 atom stereocenters. The summed E-state index contributed by atoms with van der Waals surface area (Å²) < 4.78 is 106. The third-order valence-electron chi connectivity index (χ3n) is 20.5. The van der Waals surface area contributed by atoms with Crippen molar-refractivity contribution in [1.29, 1.82) is 0 Å². The fourth-order valence-electron chi connectivity index (χ4n) is 16.6. The highest BCUT2D eigenvalue weighted by molar-refractivity contribution is 7.86. The van der Waals surface area contributed by atoms with Crippen LogP contribution in [-0.4, -0.2) is 103 Å². The minimum absolute atomic E-state index is 0.0943. The standard InChI is InChI=1S/C21H31FO5S.C20H28O6S.C18H23FO2/c1-5-21(2)18(12-19(22)20(21)27-28(4,23)24)16-7-6-15-11-17(26-13-25-3)9-8-14(15)10-16;1-20-8-7-15-14-6-4-13(25-11-24-2)9-12(14)3-5-16(15)17(20)10-18(21)19(20)26-27(22)23;1-18-7-6-13-12-5-3-11(20)8-10(12)2-4-14(13)15(18)9-16(19)17(18)21/h8-9,11,16,18-20H,5-7,10,12-13H2,1-4H3;4,6,9,15-19,21H,3,5,7-8,10-11H2,1-2H3,(H,22,23);3,5,8,13-17,20-21H,2,4,6-7,9H2,1H3/p-1/t16?,18?,19-,20+,21+;15?,16?,17?,18-,19-,20-;13?,14?,15?,16-,17+,18+/m101/s1/i22-1;;19-1. The second-order valence-corrected chi connectivity index (χ2v) is 26.6. The Morgan fingerprint density at radius 2 is 1.25 bits per heavy atom. The first kappa shape index (κ1) is 57.4. The molecule has 0 aromatic heterocycles. The number of phenols is 1. The summed E-state index contributed by atoms with van der Waals surface area (Å²) in [6, 6.07) is 18.1. The largest absolute Gasteiger partial charge is 0.750 e. The molecule has 76 heavy (non-hydrogen) atoms. The second-order valence-electron chi connectivity index (χ2n) is 24.4. The Morgan fingerprint density at radius 3 is 1.86 bits per heavy atom. The van der Waals surface area contributed by atoms with E-state index in [2.05, 4.69) is 44.2 Å². The number of fused-ring (bicyclic) bond motifs is 11. The molecule has 11 rings (SSSR count). The number of ether oxygens (including phenoxy) is 4. The lowest BCUT2D eigenvalue weighted by atomic mass is 9.55. The molecular formula is C59H81F2O13S2-. The van der Waals surface area contributed by atoms with Gasteiger partial charge in [-0.25, -0.2) is 13.0 Å². The smallest absolute Gasteiger partial charge is 0.264 e. The average Bonchev–Trinajstić information content (AvgIpc) is 3.98. The molecule has 0 saturated heterocycles. The van der Waals surface area contributed by atoms with Crippen molar-refractivity contribution in [2.45, 2.75) is 173 Å². The van der Waals surface area contributed by atoms with Crippen LogP contribution in [0.1, 0.15) is 144 Å². The number of hydrogen-bond donors (Lipinski definition) is 3. The number of methoxy groups -OCH3 is 2. The maximum atomic E-state index is 14.9. The number of aliphatic hydroxyl groups is 2. The highest BCUT2D eigenvalue weighted by atomic mass is 32.2. The van der Waals surface area contributed by atoms with Crippen molar-refractivity contribution in [2.75, 3.05) is 34.1 Å². The first-order valence-corrected chi connectivity index (χ1v) is 30.5. The van der Waals surface area contributed by atoms with Crippen molar-refractivity contribution < 1.29 is 68.6 Å². The lowest BCUT2D eigenvalue weighted by Crippen LogP contribution is -2.46. The SMILES string of the molecule is CC[C@@]1(C)C(C2CCc3cc(OCOC)ccc3C2)C[C@@H]([18F])[C@@H]1OS(C)(=O)=O.COCOc1ccc2c(c1)CCC1C2CC[C@@]2(C)C1C[C@H](O)[C@@H]2OS(=O)[O-].C[C@]12CCC3c4ccc(O)cc4CCC3C1C[C@@H]([18F])[C@@H]2O. The number of benzene rings is 3. The maximum Gasteiger partial charge on any atom is 0.264 e. The highest BCUT2D eigenvalue weighted by Gasteiger charge is 2.61. The number of phenolic OH excluding ortho intramolecular Hbond substituents is 1. The second kappa shape index (κ2) is 23.1. The number of alkyl halides is 2. The molecule has 0 bridgehead atoms. The number of halogens is 2.